The van der Waals surface area contributed by atoms with Crippen molar-refractivity contribution in [1.29, 1.82) is 0 Å². The van der Waals surface area contributed by atoms with Gasteiger partial charge in [0.1, 0.15) is 0 Å². The van der Waals surface area contributed by atoms with Crippen molar-refractivity contribution in [2.75, 3.05) is 19.7 Å². The first kappa shape index (κ1) is 10.5. The van der Waals surface area contributed by atoms with Crippen LogP contribution in [0.25, 0.3) is 0 Å². The lowest BCUT2D eigenvalue weighted by molar-refractivity contribution is -0.126. The molecule has 0 atom stereocenters. The molecule has 0 aromatic carbocycles. The molecular weight excluding hydrogens is 204 g/mol. The van der Waals surface area contributed by atoms with Crippen LogP contribution in [0.5, 0.6) is 0 Å². The van der Waals surface area contributed by atoms with Crippen molar-refractivity contribution in [3.8, 4) is 0 Å². The number of nitrogens with one attached hydrogen (secondary N) is 1. The monoisotopic (exact) mass is 224 g/mol. The highest BCUT2D eigenvalue weighted by Crippen LogP contribution is 2.57. The van der Waals surface area contributed by atoms with Crippen LogP contribution in [-0.4, -0.2) is 31.2 Å². The van der Waals surface area contributed by atoms with Gasteiger partial charge in [-0.2, -0.15) is 0 Å². The molecule has 4 aliphatic rings. The Morgan fingerprint density at radius 2 is 2.12 bits per heavy atom. The molecule has 4 nitrogen and oxygen atoms in total. The quantitative estimate of drug-likeness (QED) is 0.727. The molecule has 0 radical (unpaired) electrons. The Morgan fingerprint density at radius 3 is 2.62 bits per heavy atom. The molecule has 4 fully saturated rings. The molecule has 0 unspecified atom stereocenters. The van der Waals surface area contributed by atoms with E-state index in [1.807, 2.05) is 6.92 Å². The van der Waals surface area contributed by atoms with Crippen LogP contribution in [0.3, 0.4) is 0 Å². The lowest BCUT2D eigenvalue weighted by atomic mass is 9.62. The summed E-state index contributed by atoms with van der Waals surface area (Å²) in [6.07, 6.45) is 4.12. The van der Waals surface area contributed by atoms with Crippen LogP contribution in [0.2, 0.25) is 0 Å². The van der Waals surface area contributed by atoms with Gasteiger partial charge in [-0.25, -0.2) is 0 Å². The first-order valence-electron chi connectivity index (χ1n) is 6.14. The Labute approximate surface area is 95.9 Å². The summed E-state index contributed by atoms with van der Waals surface area (Å²) in [7, 11) is 0. The van der Waals surface area contributed by atoms with E-state index < -0.39 is 0 Å². The molecule has 90 valence electrons. The molecule has 1 amide bonds. The van der Waals surface area contributed by atoms with Gasteiger partial charge >= 0.3 is 0 Å². The van der Waals surface area contributed by atoms with Gasteiger partial charge in [0.25, 0.3) is 0 Å². The molecule has 16 heavy (non-hydrogen) atoms. The van der Waals surface area contributed by atoms with Gasteiger partial charge in [-0.05, 0) is 25.7 Å². The minimum absolute atomic E-state index is 0.0474. The molecule has 3 N–H and O–H groups in total. The van der Waals surface area contributed by atoms with Crippen molar-refractivity contribution in [2.45, 2.75) is 38.2 Å². The fraction of sp³-hybridized carbons (Fsp3) is 0.917. The number of amides is 1. The third kappa shape index (κ3) is 1.39. The lowest BCUT2D eigenvalue weighted by Crippen LogP contribution is -2.53. The van der Waals surface area contributed by atoms with E-state index in [4.69, 9.17) is 10.5 Å². The number of hydrogen-bond donors (Lipinski definition) is 2. The first-order valence-corrected chi connectivity index (χ1v) is 6.14. The number of carbonyl (C=O) groups is 1. The molecule has 4 rings (SSSR count). The third-order valence-electron chi connectivity index (χ3n) is 4.62. The van der Waals surface area contributed by atoms with Gasteiger partial charge in [-0.15, -0.1) is 0 Å². The zero-order valence-corrected chi connectivity index (χ0v) is 9.84. The SMILES string of the molecule is CC1(C(=O)NCC23COC(CN)(C2)C3)CC1. The van der Waals surface area contributed by atoms with Gasteiger partial charge in [0, 0.05) is 23.9 Å². The maximum absolute atomic E-state index is 11.8. The fourth-order valence-electron chi connectivity index (χ4n) is 3.10. The number of nitrogens with two attached hydrogens (primary N) is 1. The Bertz CT molecular complexity index is 330. The first-order chi connectivity index (χ1) is 7.52. The van der Waals surface area contributed by atoms with E-state index >= 15 is 0 Å². The summed E-state index contributed by atoms with van der Waals surface area (Å²) in [5.74, 6) is 0.221. The summed E-state index contributed by atoms with van der Waals surface area (Å²) in [6, 6.07) is 0. The number of ether oxygens (including phenoxy) is 1. The predicted octanol–water partition coefficient (Wildman–Crippen LogP) is 0.411. The Kier molecular flexibility index (Phi) is 1.97. The Balaban J connectivity index is 1.52. The van der Waals surface area contributed by atoms with E-state index in [-0.39, 0.29) is 22.3 Å². The smallest absolute Gasteiger partial charge is 0.225 e. The molecule has 2 saturated heterocycles. The minimum atomic E-state index is -0.0647. The third-order valence-corrected chi connectivity index (χ3v) is 4.62. The summed E-state index contributed by atoms with van der Waals surface area (Å²) < 4.78 is 5.72. The second kappa shape index (κ2) is 2.99. The van der Waals surface area contributed by atoms with Crippen molar-refractivity contribution < 1.29 is 9.53 Å². The normalized spacial score (nSPS) is 42.6. The van der Waals surface area contributed by atoms with Gasteiger partial charge in [0.2, 0.25) is 5.91 Å². The van der Waals surface area contributed by atoms with E-state index in [1.54, 1.807) is 0 Å². The van der Waals surface area contributed by atoms with Crippen LogP contribution >= 0.6 is 0 Å². The van der Waals surface area contributed by atoms with Crippen LogP contribution in [0, 0.1) is 10.8 Å². The van der Waals surface area contributed by atoms with Crippen LogP contribution in [0.15, 0.2) is 0 Å². The van der Waals surface area contributed by atoms with Crippen molar-refractivity contribution in [1.82, 2.24) is 5.32 Å². The van der Waals surface area contributed by atoms with E-state index in [1.165, 1.54) is 0 Å². The van der Waals surface area contributed by atoms with Crippen molar-refractivity contribution in [2.24, 2.45) is 16.6 Å². The molecule has 0 aromatic rings. The number of fused-ring (bicyclic) bond motifs is 1. The molecule has 2 aliphatic carbocycles. The summed E-state index contributed by atoms with van der Waals surface area (Å²) in [4.78, 5) is 11.8. The highest BCUT2D eigenvalue weighted by atomic mass is 16.5. The molecular formula is C12H20N2O2. The average molecular weight is 224 g/mol. The molecule has 0 spiro atoms. The predicted molar refractivity (Wildman–Crippen MR) is 59.8 cm³/mol. The lowest BCUT2D eigenvalue weighted by Gasteiger charge is -2.44. The van der Waals surface area contributed by atoms with Crippen molar-refractivity contribution in [3.05, 3.63) is 0 Å². The summed E-state index contributed by atoms with van der Waals surface area (Å²) in [5.41, 5.74) is 5.77. The van der Waals surface area contributed by atoms with E-state index in [2.05, 4.69) is 5.32 Å². The number of rotatable bonds is 4. The second-order valence-electron chi connectivity index (χ2n) is 6.27. The van der Waals surface area contributed by atoms with Gasteiger partial charge < -0.3 is 15.8 Å². The number of hydrogen-bond acceptors (Lipinski definition) is 3. The average Bonchev–Trinajstić information content (AvgIpc) is 2.77. The fourth-order valence-corrected chi connectivity index (χ4v) is 3.10. The molecule has 2 bridgehead atoms. The van der Waals surface area contributed by atoms with Gasteiger partial charge in [-0.1, -0.05) is 6.92 Å². The minimum Gasteiger partial charge on any atom is -0.373 e. The highest BCUT2D eigenvalue weighted by Gasteiger charge is 2.61. The topological polar surface area (TPSA) is 64.3 Å². The van der Waals surface area contributed by atoms with E-state index in [9.17, 15) is 4.79 Å². The molecule has 0 aromatic heterocycles. The Hall–Kier alpha value is -0.610. The van der Waals surface area contributed by atoms with E-state index in [0.29, 0.717) is 6.54 Å². The molecule has 2 aliphatic heterocycles. The highest BCUT2D eigenvalue weighted by molar-refractivity contribution is 5.84. The standard InChI is InChI=1S/C12H20N2O2/c1-10(2-3-10)9(15)14-7-11-4-12(5-11,6-13)16-8-11/h2-8,13H2,1H3,(H,14,15). The van der Waals surface area contributed by atoms with E-state index in [0.717, 1.165) is 38.8 Å². The second-order valence-corrected chi connectivity index (χ2v) is 6.27. The maximum Gasteiger partial charge on any atom is 0.225 e. The molecule has 4 heteroatoms. The van der Waals surface area contributed by atoms with Crippen LogP contribution in [0.1, 0.15) is 32.6 Å². The maximum atomic E-state index is 11.8. The van der Waals surface area contributed by atoms with Crippen LogP contribution < -0.4 is 11.1 Å². The molecule has 2 saturated carbocycles. The van der Waals surface area contributed by atoms with Gasteiger partial charge in [-0.3, -0.25) is 4.79 Å². The zero-order chi connectivity index (χ0) is 11.4. The van der Waals surface area contributed by atoms with Crippen molar-refractivity contribution in [3.63, 3.8) is 0 Å². The summed E-state index contributed by atoms with van der Waals surface area (Å²) in [6.45, 7) is 4.18. The van der Waals surface area contributed by atoms with Crippen LogP contribution in [-0.2, 0) is 9.53 Å². The molecule has 2 heterocycles. The zero-order valence-electron chi connectivity index (χ0n) is 9.84. The van der Waals surface area contributed by atoms with Crippen molar-refractivity contribution >= 4 is 5.91 Å². The van der Waals surface area contributed by atoms with Gasteiger partial charge in [0.15, 0.2) is 0 Å². The number of carbonyl (C=O) groups excluding carboxylic acids is 1. The summed E-state index contributed by atoms with van der Waals surface area (Å²) >= 11 is 0. The Morgan fingerprint density at radius 1 is 1.44 bits per heavy atom. The summed E-state index contributed by atoms with van der Waals surface area (Å²) in [5, 5.41) is 3.09. The largest absolute Gasteiger partial charge is 0.373 e. The van der Waals surface area contributed by atoms with Gasteiger partial charge in [0.05, 0.1) is 12.2 Å². The van der Waals surface area contributed by atoms with Crippen LogP contribution in [0.4, 0.5) is 0 Å².